The van der Waals surface area contributed by atoms with Gasteiger partial charge in [-0.15, -0.1) is 0 Å². The molecular formula is C14H14N4O2. The van der Waals surface area contributed by atoms with E-state index >= 15 is 0 Å². The Morgan fingerprint density at radius 2 is 2.05 bits per heavy atom. The van der Waals surface area contributed by atoms with E-state index in [-0.39, 0.29) is 11.8 Å². The van der Waals surface area contributed by atoms with Crippen LogP contribution in [-0.2, 0) is 0 Å². The van der Waals surface area contributed by atoms with Gasteiger partial charge in [-0.1, -0.05) is 6.92 Å². The molecule has 3 rings (SSSR count). The predicted octanol–water partition coefficient (Wildman–Crippen LogP) is 1.74. The molecule has 1 aromatic heterocycles. The topological polar surface area (TPSA) is 92.1 Å². The van der Waals surface area contributed by atoms with Crippen LogP contribution in [0.5, 0.6) is 0 Å². The number of anilines is 1. The van der Waals surface area contributed by atoms with E-state index in [4.69, 9.17) is 5.73 Å². The summed E-state index contributed by atoms with van der Waals surface area (Å²) in [5.41, 5.74) is 6.92. The molecule has 0 radical (unpaired) electrons. The monoisotopic (exact) mass is 270 g/mol. The first-order valence-electron chi connectivity index (χ1n) is 6.40. The molecule has 0 spiro atoms. The zero-order chi connectivity index (χ0) is 14.3. The van der Waals surface area contributed by atoms with Crippen molar-refractivity contribution in [1.29, 1.82) is 0 Å². The highest BCUT2D eigenvalue weighted by Crippen LogP contribution is 2.32. The smallest absolute Gasteiger partial charge is 0.262 e. The van der Waals surface area contributed by atoms with Crippen molar-refractivity contribution in [2.45, 2.75) is 19.4 Å². The molecule has 2 heterocycles. The number of aromatic nitrogens is 2. The number of hydrogen-bond acceptors (Lipinski definition) is 4. The van der Waals surface area contributed by atoms with Crippen LogP contribution in [0.4, 0.5) is 5.69 Å². The van der Waals surface area contributed by atoms with E-state index in [1.54, 1.807) is 30.6 Å². The van der Waals surface area contributed by atoms with Gasteiger partial charge < -0.3 is 10.7 Å². The number of hydrogen-bond donors (Lipinski definition) is 2. The molecule has 3 N–H and O–H groups in total. The Labute approximate surface area is 115 Å². The second-order valence-electron chi connectivity index (χ2n) is 4.68. The molecule has 0 bridgehead atoms. The normalized spacial score (nSPS) is 15.6. The minimum Gasteiger partial charge on any atom is -0.399 e. The Hall–Kier alpha value is -2.63. The van der Waals surface area contributed by atoms with Crippen LogP contribution >= 0.6 is 0 Å². The number of fused-ring (bicyclic) bond motifs is 1. The van der Waals surface area contributed by atoms with Crippen molar-refractivity contribution in [2.24, 2.45) is 0 Å². The summed E-state index contributed by atoms with van der Waals surface area (Å²) in [5.74, 6) is -0.0104. The maximum absolute atomic E-state index is 12.5. The van der Waals surface area contributed by atoms with Gasteiger partial charge in [-0.2, -0.15) is 0 Å². The molecule has 1 aliphatic heterocycles. The summed E-state index contributed by atoms with van der Waals surface area (Å²) in [6.07, 6.45) is 3.87. The summed E-state index contributed by atoms with van der Waals surface area (Å²) in [7, 11) is 0. The summed E-state index contributed by atoms with van der Waals surface area (Å²) < 4.78 is 0. The minimum atomic E-state index is -0.390. The number of imide groups is 1. The van der Waals surface area contributed by atoms with Crippen LogP contribution in [0, 0.1) is 0 Å². The number of aromatic amines is 1. The van der Waals surface area contributed by atoms with E-state index in [9.17, 15) is 9.59 Å². The lowest BCUT2D eigenvalue weighted by molar-refractivity contribution is 0.0571. The van der Waals surface area contributed by atoms with Gasteiger partial charge in [-0.05, 0) is 24.6 Å². The number of nitrogen functional groups attached to an aromatic ring is 1. The fourth-order valence-electron chi connectivity index (χ4n) is 2.52. The summed E-state index contributed by atoms with van der Waals surface area (Å²) in [4.78, 5) is 33.3. The van der Waals surface area contributed by atoms with Crippen molar-refractivity contribution in [2.75, 3.05) is 5.73 Å². The van der Waals surface area contributed by atoms with Crippen LogP contribution in [0.3, 0.4) is 0 Å². The lowest BCUT2D eigenvalue weighted by Gasteiger charge is -2.23. The number of nitrogens with zero attached hydrogens (tertiary/aromatic N) is 2. The highest BCUT2D eigenvalue weighted by atomic mass is 16.2. The molecule has 6 heteroatoms. The number of rotatable bonds is 3. The summed E-state index contributed by atoms with van der Waals surface area (Å²) in [6.45, 7) is 1.91. The van der Waals surface area contributed by atoms with Crippen molar-refractivity contribution < 1.29 is 9.59 Å². The van der Waals surface area contributed by atoms with Crippen LogP contribution in [0.25, 0.3) is 0 Å². The van der Waals surface area contributed by atoms with E-state index in [0.717, 1.165) is 0 Å². The molecule has 2 amide bonds. The van der Waals surface area contributed by atoms with E-state index in [2.05, 4.69) is 9.97 Å². The molecule has 1 aromatic carbocycles. The van der Waals surface area contributed by atoms with Crippen molar-refractivity contribution in [1.82, 2.24) is 14.9 Å². The van der Waals surface area contributed by atoms with Gasteiger partial charge in [-0.25, -0.2) is 4.98 Å². The third kappa shape index (κ3) is 1.69. The largest absolute Gasteiger partial charge is 0.399 e. The fourth-order valence-corrected chi connectivity index (χ4v) is 2.52. The van der Waals surface area contributed by atoms with Crippen LogP contribution in [-0.4, -0.2) is 26.7 Å². The number of nitrogens with two attached hydrogens (primary N) is 1. The number of amides is 2. The molecule has 1 aliphatic rings. The zero-order valence-electron chi connectivity index (χ0n) is 11.0. The average molecular weight is 270 g/mol. The first-order valence-corrected chi connectivity index (χ1v) is 6.40. The number of H-pyrrole nitrogens is 1. The van der Waals surface area contributed by atoms with Gasteiger partial charge in [0.2, 0.25) is 0 Å². The standard InChI is InChI=1S/C14H14N4O2/c1-2-11(12-16-5-6-17-12)18-13(19)9-4-3-8(15)7-10(9)14(18)20/h3-7,11H,2,15H2,1H3,(H,16,17). The van der Waals surface area contributed by atoms with Gasteiger partial charge in [0.1, 0.15) is 5.82 Å². The second-order valence-corrected chi connectivity index (χ2v) is 4.68. The maximum atomic E-state index is 12.5. The fraction of sp³-hybridized carbons (Fsp3) is 0.214. The van der Waals surface area contributed by atoms with Crippen LogP contribution in [0.1, 0.15) is 45.9 Å². The SMILES string of the molecule is CCC(c1ncc[nH]1)N1C(=O)c2ccc(N)cc2C1=O. The van der Waals surface area contributed by atoms with Crippen LogP contribution in [0.2, 0.25) is 0 Å². The van der Waals surface area contributed by atoms with Gasteiger partial charge in [0, 0.05) is 18.1 Å². The highest BCUT2D eigenvalue weighted by molar-refractivity contribution is 6.21. The lowest BCUT2D eigenvalue weighted by atomic mass is 10.1. The van der Waals surface area contributed by atoms with E-state index in [1.165, 1.54) is 4.90 Å². The van der Waals surface area contributed by atoms with Crippen molar-refractivity contribution in [3.8, 4) is 0 Å². The summed E-state index contributed by atoms with van der Waals surface area (Å²) >= 11 is 0. The molecule has 1 atom stereocenters. The number of nitrogens with one attached hydrogen (secondary N) is 1. The van der Waals surface area contributed by atoms with Gasteiger partial charge >= 0.3 is 0 Å². The number of imidazole rings is 1. The van der Waals surface area contributed by atoms with E-state index in [1.807, 2.05) is 6.92 Å². The Balaban J connectivity index is 2.05. The Bertz CT molecular complexity index is 678. The Kier molecular flexibility index (Phi) is 2.78. The Morgan fingerprint density at radius 1 is 1.30 bits per heavy atom. The van der Waals surface area contributed by atoms with Crippen molar-refractivity contribution >= 4 is 17.5 Å². The molecule has 0 aliphatic carbocycles. The van der Waals surface area contributed by atoms with E-state index in [0.29, 0.717) is 29.1 Å². The average Bonchev–Trinajstić information content (AvgIpc) is 3.03. The summed E-state index contributed by atoms with van der Waals surface area (Å²) in [5, 5.41) is 0. The molecule has 20 heavy (non-hydrogen) atoms. The third-order valence-corrected chi connectivity index (χ3v) is 3.48. The first-order chi connectivity index (χ1) is 9.63. The molecular weight excluding hydrogens is 256 g/mol. The molecule has 0 fully saturated rings. The van der Waals surface area contributed by atoms with Gasteiger partial charge in [-0.3, -0.25) is 14.5 Å². The zero-order valence-corrected chi connectivity index (χ0v) is 11.0. The molecule has 0 saturated carbocycles. The van der Waals surface area contributed by atoms with Crippen molar-refractivity contribution in [3.05, 3.63) is 47.5 Å². The van der Waals surface area contributed by atoms with Crippen LogP contribution < -0.4 is 5.73 Å². The van der Waals surface area contributed by atoms with Gasteiger partial charge in [0.15, 0.2) is 0 Å². The Morgan fingerprint density at radius 3 is 2.70 bits per heavy atom. The molecule has 0 saturated heterocycles. The molecule has 102 valence electrons. The third-order valence-electron chi connectivity index (χ3n) is 3.48. The number of carbonyl (C=O) groups excluding carboxylic acids is 2. The molecule has 2 aromatic rings. The van der Waals surface area contributed by atoms with E-state index < -0.39 is 6.04 Å². The van der Waals surface area contributed by atoms with Crippen molar-refractivity contribution in [3.63, 3.8) is 0 Å². The second kappa shape index (κ2) is 4.48. The quantitative estimate of drug-likeness (QED) is 0.656. The maximum Gasteiger partial charge on any atom is 0.262 e. The predicted molar refractivity (Wildman–Crippen MR) is 73.0 cm³/mol. The number of carbonyl (C=O) groups is 2. The minimum absolute atomic E-state index is 0.298. The van der Waals surface area contributed by atoms with Gasteiger partial charge in [0.25, 0.3) is 11.8 Å². The molecule has 6 nitrogen and oxygen atoms in total. The molecule has 1 unspecified atom stereocenters. The lowest BCUT2D eigenvalue weighted by Crippen LogP contribution is -2.34. The summed E-state index contributed by atoms with van der Waals surface area (Å²) in [6, 6.07) is 4.38. The first kappa shape index (κ1) is 12.4. The van der Waals surface area contributed by atoms with Gasteiger partial charge in [0.05, 0.1) is 17.2 Å². The number of benzene rings is 1. The van der Waals surface area contributed by atoms with Crippen LogP contribution in [0.15, 0.2) is 30.6 Å². The highest BCUT2D eigenvalue weighted by Gasteiger charge is 2.40.